The van der Waals surface area contributed by atoms with E-state index in [1.54, 1.807) is 24.3 Å². The number of hydrogen-bond donors (Lipinski definition) is 1. The van der Waals surface area contributed by atoms with Crippen LogP contribution < -0.4 is 5.32 Å². The van der Waals surface area contributed by atoms with E-state index in [0.29, 0.717) is 10.6 Å². The van der Waals surface area contributed by atoms with Crippen LogP contribution in [0, 0.1) is 0 Å². The van der Waals surface area contributed by atoms with Crippen molar-refractivity contribution in [1.29, 1.82) is 0 Å². The van der Waals surface area contributed by atoms with E-state index in [9.17, 15) is 13.2 Å². The molecular weight excluding hydrogens is 203 g/mol. The summed E-state index contributed by atoms with van der Waals surface area (Å²) in [5.41, 5.74) is 0.543. The highest BCUT2D eigenvalue weighted by Gasteiger charge is 2.25. The van der Waals surface area contributed by atoms with Crippen LogP contribution in [0.2, 0.25) is 5.02 Å². The molecule has 0 heterocycles. The van der Waals surface area contributed by atoms with Gasteiger partial charge >= 0.3 is 6.30 Å². The minimum absolute atomic E-state index is 0.235. The molecule has 0 aromatic heterocycles. The molecule has 1 N–H and O–H groups in total. The zero-order valence-corrected chi connectivity index (χ0v) is 7.28. The zero-order valence-electron chi connectivity index (χ0n) is 6.53. The Morgan fingerprint density at radius 1 is 1.15 bits per heavy atom. The molecule has 0 bridgehead atoms. The smallest absolute Gasteiger partial charge is 0.224 e. The Kier molecular flexibility index (Phi) is 3.17. The number of nitrogens with one attached hydrogen (secondary N) is 1. The van der Waals surface area contributed by atoms with E-state index < -0.39 is 6.30 Å². The van der Waals surface area contributed by atoms with Gasteiger partial charge < -0.3 is 0 Å². The van der Waals surface area contributed by atoms with Crippen LogP contribution >= 0.6 is 11.6 Å². The van der Waals surface area contributed by atoms with Gasteiger partial charge in [-0.25, -0.2) is 5.32 Å². The van der Waals surface area contributed by atoms with Gasteiger partial charge in [-0.1, -0.05) is 23.7 Å². The Labute approximate surface area is 78.5 Å². The molecule has 0 amide bonds. The second-order valence-corrected chi connectivity index (χ2v) is 2.91. The lowest BCUT2D eigenvalue weighted by Crippen LogP contribution is -2.30. The minimum Gasteiger partial charge on any atom is -0.224 e. The number of benzene rings is 1. The third kappa shape index (κ3) is 4.15. The van der Waals surface area contributed by atoms with Crippen LogP contribution in [-0.4, -0.2) is 6.30 Å². The van der Waals surface area contributed by atoms with Gasteiger partial charge in [0.1, 0.15) is 0 Å². The minimum atomic E-state index is -4.33. The van der Waals surface area contributed by atoms with Gasteiger partial charge in [0.25, 0.3) is 0 Å². The third-order valence-electron chi connectivity index (χ3n) is 1.41. The Morgan fingerprint density at radius 3 is 2.15 bits per heavy atom. The van der Waals surface area contributed by atoms with Gasteiger partial charge in [0.15, 0.2) is 0 Å². The van der Waals surface area contributed by atoms with Crippen LogP contribution in [0.15, 0.2) is 24.3 Å². The first-order chi connectivity index (χ1) is 5.97. The van der Waals surface area contributed by atoms with E-state index in [4.69, 9.17) is 11.6 Å². The summed E-state index contributed by atoms with van der Waals surface area (Å²) in [4.78, 5) is 0. The zero-order chi connectivity index (χ0) is 9.90. The summed E-state index contributed by atoms with van der Waals surface area (Å²) in [5.74, 6) is 0. The molecule has 0 fully saturated rings. The van der Waals surface area contributed by atoms with E-state index >= 15 is 0 Å². The van der Waals surface area contributed by atoms with Crippen molar-refractivity contribution in [2.24, 2.45) is 0 Å². The Hall–Kier alpha value is -0.740. The van der Waals surface area contributed by atoms with Crippen LogP contribution in [0.1, 0.15) is 5.56 Å². The maximum absolute atomic E-state index is 11.7. The van der Waals surface area contributed by atoms with Crippen LogP contribution in [0.3, 0.4) is 0 Å². The highest BCUT2D eigenvalue weighted by molar-refractivity contribution is 6.30. The molecule has 0 unspecified atom stereocenters. The molecule has 0 saturated heterocycles. The first kappa shape index (κ1) is 10.3. The summed E-state index contributed by atoms with van der Waals surface area (Å²) in [5, 5.41) is 1.92. The van der Waals surface area contributed by atoms with Crippen molar-refractivity contribution in [3.63, 3.8) is 0 Å². The van der Waals surface area contributed by atoms with Crippen LogP contribution in [-0.2, 0) is 6.54 Å². The second kappa shape index (κ2) is 3.98. The summed E-state index contributed by atoms with van der Waals surface area (Å²) in [6, 6.07) is 6.19. The van der Waals surface area contributed by atoms with Gasteiger partial charge in [-0.05, 0) is 17.7 Å². The first-order valence-corrected chi connectivity index (χ1v) is 3.91. The lowest BCUT2D eigenvalue weighted by atomic mass is 10.2. The van der Waals surface area contributed by atoms with Crippen molar-refractivity contribution in [2.75, 3.05) is 0 Å². The van der Waals surface area contributed by atoms with Crippen molar-refractivity contribution in [3.8, 4) is 0 Å². The predicted octanol–water partition coefficient (Wildman–Crippen LogP) is 2.95. The molecule has 0 aliphatic carbocycles. The molecule has 0 spiro atoms. The summed E-state index contributed by atoms with van der Waals surface area (Å²) < 4.78 is 35.1. The number of hydrogen-bond acceptors (Lipinski definition) is 1. The lowest BCUT2D eigenvalue weighted by Gasteiger charge is -2.07. The van der Waals surface area contributed by atoms with Crippen LogP contribution in [0.5, 0.6) is 0 Å². The maximum Gasteiger partial charge on any atom is 0.457 e. The molecule has 0 aliphatic heterocycles. The van der Waals surface area contributed by atoms with E-state index in [0.717, 1.165) is 0 Å². The molecule has 5 heteroatoms. The largest absolute Gasteiger partial charge is 0.457 e. The molecule has 72 valence electrons. The molecule has 1 nitrogen and oxygen atoms in total. The van der Waals surface area contributed by atoms with E-state index in [1.807, 2.05) is 0 Å². The summed E-state index contributed by atoms with van der Waals surface area (Å²) in [6.45, 7) is -0.235. The molecule has 1 aromatic carbocycles. The van der Waals surface area contributed by atoms with Gasteiger partial charge in [0.05, 0.1) is 0 Å². The number of halogens is 4. The van der Waals surface area contributed by atoms with Crippen LogP contribution in [0.4, 0.5) is 13.2 Å². The third-order valence-corrected chi connectivity index (χ3v) is 1.66. The molecule has 0 saturated carbocycles. The highest BCUT2D eigenvalue weighted by atomic mass is 35.5. The second-order valence-electron chi connectivity index (χ2n) is 2.48. The summed E-state index contributed by atoms with van der Waals surface area (Å²) in [7, 11) is 0. The van der Waals surface area contributed by atoms with Gasteiger partial charge in [0, 0.05) is 11.6 Å². The fraction of sp³-hybridized carbons (Fsp3) is 0.250. The summed E-state index contributed by atoms with van der Waals surface area (Å²) in [6.07, 6.45) is -4.33. The van der Waals surface area contributed by atoms with Crippen molar-refractivity contribution in [1.82, 2.24) is 5.32 Å². The van der Waals surface area contributed by atoms with Crippen molar-refractivity contribution in [3.05, 3.63) is 34.9 Å². The average molecular weight is 210 g/mol. The first-order valence-electron chi connectivity index (χ1n) is 3.53. The molecule has 13 heavy (non-hydrogen) atoms. The monoisotopic (exact) mass is 209 g/mol. The average Bonchev–Trinajstić information content (AvgIpc) is 2.02. The van der Waals surface area contributed by atoms with Gasteiger partial charge in [-0.3, -0.25) is 0 Å². The Morgan fingerprint density at radius 2 is 1.69 bits per heavy atom. The van der Waals surface area contributed by atoms with E-state index in [1.165, 1.54) is 5.32 Å². The fourth-order valence-electron chi connectivity index (χ4n) is 0.805. The lowest BCUT2D eigenvalue weighted by molar-refractivity contribution is -0.158. The topological polar surface area (TPSA) is 12.0 Å². The molecule has 0 atom stereocenters. The highest BCUT2D eigenvalue weighted by Crippen LogP contribution is 2.13. The van der Waals surface area contributed by atoms with Crippen LogP contribution in [0.25, 0.3) is 0 Å². The van der Waals surface area contributed by atoms with Crippen molar-refractivity contribution >= 4 is 11.6 Å². The Bertz CT molecular complexity index is 268. The summed E-state index contributed by atoms with van der Waals surface area (Å²) >= 11 is 5.56. The predicted molar refractivity (Wildman–Crippen MR) is 44.3 cm³/mol. The Balaban J connectivity index is 2.51. The van der Waals surface area contributed by atoms with Gasteiger partial charge in [-0.15, -0.1) is 0 Å². The fourth-order valence-corrected chi connectivity index (χ4v) is 0.931. The van der Waals surface area contributed by atoms with E-state index in [2.05, 4.69) is 0 Å². The van der Waals surface area contributed by atoms with Gasteiger partial charge in [-0.2, -0.15) is 13.2 Å². The molecule has 1 rings (SSSR count). The van der Waals surface area contributed by atoms with Crippen molar-refractivity contribution < 1.29 is 13.2 Å². The molecule has 0 radical (unpaired) electrons. The maximum atomic E-state index is 11.7. The van der Waals surface area contributed by atoms with E-state index in [-0.39, 0.29) is 6.54 Å². The standard InChI is InChI=1S/C8H7ClF3N/c9-7-3-1-6(2-4-7)5-13-8(10,11)12/h1-4,13H,5H2. The normalized spacial score (nSPS) is 11.7. The molecule has 1 aromatic rings. The molecule has 0 aliphatic rings. The van der Waals surface area contributed by atoms with Crippen molar-refractivity contribution in [2.45, 2.75) is 12.8 Å². The SMILES string of the molecule is FC(F)(F)NCc1ccc(Cl)cc1. The quantitative estimate of drug-likeness (QED) is 0.739. The molecular formula is C8H7ClF3N. The number of alkyl halides is 3. The van der Waals surface area contributed by atoms with Gasteiger partial charge in [0.2, 0.25) is 0 Å². The number of rotatable bonds is 2.